The first-order valence-electron chi connectivity index (χ1n) is 8.94. The van der Waals surface area contributed by atoms with E-state index in [1.165, 1.54) is 0 Å². The highest BCUT2D eigenvalue weighted by Gasteiger charge is 2.28. The molecule has 0 radical (unpaired) electrons. The lowest BCUT2D eigenvalue weighted by Crippen LogP contribution is -2.40. The van der Waals surface area contributed by atoms with Crippen LogP contribution in [0.5, 0.6) is 0 Å². The van der Waals surface area contributed by atoms with E-state index in [0.717, 1.165) is 43.1 Å². The van der Waals surface area contributed by atoms with Crippen molar-refractivity contribution in [1.29, 1.82) is 0 Å². The van der Waals surface area contributed by atoms with E-state index < -0.39 is 0 Å². The van der Waals surface area contributed by atoms with Crippen LogP contribution in [0.4, 0.5) is 0 Å². The van der Waals surface area contributed by atoms with Gasteiger partial charge in [0.15, 0.2) is 0 Å². The van der Waals surface area contributed by atoms with Crippen molar-refractivity contribution in [2.75, 3.05) is 32.7 Å². The van der Waals surface area contributed by atoms with Gasteiger partial charge in [0.25, 0.3) is 0 Å². The van der Waals surface area contributed by atoms with Crippen LogP contribution in [0.25, 0.3) is 0 Å². The lowest BCUT2D eigenvalue weighted by Gasteiger charge is -2.26. The number of aromatic nitrogens is 1. The lowest BCUT2D eigenvalue weighted by atomic mass is 10.2. The molecule has 1 amide bonds. The summed E-state index contributed by atoms with van der Waals surface area (Å²) in [5, 5.41) is 3.98. The number of carbonyl (C=O) groups excluding carboxylic acids is 1. The predicted octanol–water partition coefficient (Wildman–Crippen LogP) is 2.39. The maximum absolute atomic E-state index is 12.5. The summed E-state index contributed by atoms with van der Waals surface area (Å²) in [6.07, 6.45) is 1.05. The fourth-order valence-electron chi connectivity index (χ4n) is 3.17. The molecule has 0 aliphatic carbocycles. The minimum atomic E-state index is 0.00968. The highest BCUT2D eigenvalue weighted by Crippen LogP contribution is 2.17. The van der Waals surface area contributed by atoms with Crippen LogP contribution in [0.3, 0.4) is 0 Å². The average Bonchev–Trinajstić information content (AvgIpc) is 2.74. The molecule has 1 aliphatic rings. The highest BCUT2D eigenvalue weighted by molar-refractivity contribution is 5.78. The molecule has 0 aromatic carbocycles. The Kier molecular flexibility index (Phi) is 6.80. The van der Waals surface area contributed by atoms with Crippen molar-refractivity contribution in [2.45, 2.75) is 53.8 Å². The third-order valence-electron chi connectivity index (χ3n) is 4.37. The molecule has 1 saturated heterocycles. The van der Waals surface area contributed by atoms with Gasteiger partial charge < -0.3 is 14.2 Å². The largest absolute Gasteiger partial charge is 0.370 e. The van der Waals surface area contributed by atoms with E-state index in [4.69, 9.17) is 9.26 Å². The molecule has 136 valence electrons. The molecule has 1 fully saturated rings. The molecule has 24 heavy (non-hydrogen) atoms. The van der Waals surface area contributed by atoms with Gasteiger partial charge in [0.2, 0.25) is 5.91 Å². The topological polar surface area (TPSA) is 58.8 Å². The van der Waals surface area contributed by atoms with Gasteiger partial charge in [-0.25, -0.2) is 0 Å². The maximum Gasteiger partial charge on any atom is 0.236 e. The quantitative estimate of drug-likeness (QED) is 0.764. The van der Waals surface area contributed by atoms with Crippen LogP contribution < -0.4 is 0 Å². The number of hydrogen-bond acceptors (Lipinski definition) is 5. The summed E-state index contributed by atoms with van der Waals surface area (Å²) >= 11 is 0. The van der Waals surface area contributed by atoms with Crippen LogP contribution >= 0.6 is 0 Å². The molecule has 1 aliphatic heterocycles. The molecular formula is C18H31N3O3. The zero-order valence-corrected chi connectivity index (χ0v) is 15.7. The van der Waals surface area contributed by atoms with E-state index >= 15 is 0 Å². The van der Waals surface area contributed by atoms with Gasteiger partial charge in [0, 0.05) is 25.2 Å². The van der Waals surface area contributed by atoms with E-state index in [-0.39, 0.29) is 12.0 Å². The number of amides is 1. The van der Waals surface area contributed by atoms with Crippen molar-refractivity contribution in [3.05, 3.63) is 17.0 Å². The zero-order valence-electron chi connectivity index (χ0n) is 15.7. The summed E-state index contributed by atoms with van der Waals surface area (Å²) in [5.74, 6) is 1.47. The molecule has 2 heterocycles. The number of aryl methyl sites for hydroxylation is 2. The van der Waals surface area contributed by atoms with E-state index in [9.17, 15) is 4.79 Å². The molecule has 0 spiro atoms. The molecule has 1 aromatic heterocycles. The van der Waals surface area contributed by atoms with Gasteiger partial charge in [-0.1, -0.05) is 25.9 Å². The first-order chi connectivity index (χ1) is 11.4. The van der Waals surface area contributed by atoms with Crippen molar-refractivity contribution in [1.82, 2.24) is 15.0 Å². The van der Waals surface area contributed by atoms with E-state index in [1.54, 1.807) is 0 Å². The van der Waals surface area contributed by atoms with Gasteiger partial charge >= 0.3 is 0 Å². The minimum Gasteiger partial charge on any atom is -0.370 e. The van der Waals surface area contributed by atoms with Crippen LogP contribution in [0.15, 0.2) is 4.52 Å². The van der Waals surface area contributed by atoms with Gasteiger partial charge in [0.05, 0.1) is 24.9 Å². The van der Waals surface area contributed by atoms with Gasteiger partial charge in [-0.15, -0.1) is 0 Å². The smallest absolute Gasteiger partial charge is 0.236 e. The Morgan fingerprint density at radius 1 is 1.33 bits per heavy atom. The average molecular weight is 337 g/mol. The Morgan fingerprint density at radius 3 is 2.67 bits per heavy atom. The Hall–Kier alpha value is -1.40. The molecule has 0 saturated carbocycles. The van der Waals surface area contributed by atoms with Crippen LogP contribution in [-0.2, 0) is 16.1 Å². The fraction of sp³-hybridized carbons (Fsp3) is 0.778. The van der Waals surface area contributed by atoms with E-state index in [1.807, 2.05) is 18.7 Å². The van der Waals surface area contributed by atoms with E-state index in [0.29, 0.717) is 25.6 Å². The van der Waals surface area contributed by atoms with Crippen LogP contribution in [0.1, 0.15) is 44.2 Å². The van der Waals surface area contributed by atoms with Crippen molar-refractivity contribution in [2.24, 2.45) is 5.92 Å². The number of nitrogens with zero attached hydrogens (tertiary/aromatic N) is 3. The molecule has 1 unspecified atom stereocenters. The normalized spacial score (nSPS) is 20.0. The van der Waals surface area contributed by atoms with Gasteiger partial charge in [-0.2, -0.15) is 0 Å². The second-order valence-corrected chi connectivity index (χ2v) is 7.16. The molecule has 1 atom stereocenters. The molecule has 6 nitrogen and oxygen atoms in total. The number of ether oxygens (including phenoxy) is 1. The Morgan fingerprint density at radius 2 is 2.08 bits per heavy atom. The standard InChI is InChI=1S/C18H31N3O3/c1-6-7-20-9-16(10-21(8-13(2)3)18(22)11-20)23-12-17-14(4)19-24-15(17)5/h13,16H,6-12H2,1-5H3. The number of hydrogen-bond donors (Lipinski definition) is 0. The summed E-state index contributed by atoms with van der Waals surface area (Å²) < 4.78 is 11.4. The molecular weight excluding hydrogens is 306 g/mol. The van der Waals surface area contributed by atoms with Crippen molar-refractivity contribution < 1.29 is 14.1 Å². The summed E-state index contributed by atoms with van der Waals surface area (Å²) in [6.45, 7) is 14.4. The fourth-order valence-corrected chi connectivity index (χ4v) is 3.17. The Labute approximate surface area is 145 Å². The predicted molar refractivity (Wildman–Crippen MR) is 92.7 cm³/mol. The lowest BCUT2D eigenvalue weighted by molar-refractivity contribution is -0.132. The molecule has 6 heteroatoms. The zero-order chi connectivity index (χ0) is 17.7. The van der Waals surface area contributed by atoms with Gasteiger partial charge in [-0.05, 0) is 32.7 Å². The maximum atomic E-state index is 12.5. The minimum absolute atomic E-state index is 0.00968. The van der Waals surface area contributed by atoms with E-state index in [2.05, 4.69) is 30.8 Å². The molecule has 2 rings (SSSR count). The van der Waals surface area contributed by atoms with Gasteiger partial charge in [0.1, 0.15) is 5.76 Å². The van der Waals surface area contributed by atoms with Crippen molar-refractivity contribution in [3.63, 3.8) is 0 Å². The molecule has 0 N–H and O–H groups in total. The summed E-state index contributed by atoms with van der Waals surface area (Å²) in [7, 11) is 0. The van der Waals surface area contributed by atoms with Crippen LogP contribution in [0, 0.1) is 19.8 Å². The van der Waals surface area contributed by atoms with Crippen LogP contribution in [0.2, 0.25) is 0 Å². The first kappa shape index (κ1) is 18.9. The second kappa shape index (κ2) is 8.62. The first-order valence-corrected chi connectivity index (χ1v) is 8.94. The van der Waals surface area contributed by atoms with Crippen molar-refractivity contribution in [3.8, 4) is 0 Å². The number of carbonyl (C=O) groups is 1. The SMILES string of the molecule is CCCN1CC(=O)N(CC(C)C)CC(OCc2c(C)noc2C)C1. The third kappa shape index (κ3) is 5.05. The van der Waals surface area contributed by atoms with Gasteiger partial charge in [-0.3, -0.25) is 9.69 Å². The summed E-state index contributed by atoms with van der Waals surface area (Å²) in [4.78, 5) is 16.7. The molecule has 0 bridgehead atoms. The highest BCUT2D eigenvalue weighted by atomic mass is 16.5. The monoisotopic (exact) mass is 337 g/mol. The second-order valence-electron chi connectivity index (χ2n) is 7.16. The summed E-state index contributed by atoms with van der Waals surface area (Å²) in [6, 6.07) is 0. The number of rotatable bonds is 7. The Bertz CT molecular complexity index is 522. The Balaban J connectivity index is 2.05. The third-order valence-corrected chi connectivity index (χ3v) is 4.37. The van der Waals surface area contributed by atoms with Crippen LogP contribution in [-0.4, -0.2) is 59.7 Å². The van der Waals surface area contributed by atoms with Crippen molar-refractivity contribution >= 4 is 5.91 Å². The summed E-state index contributed by atoms with van der Waals surface area (Å²) in [5.41, 5.74) is 1.89. The molecule has 1 aromatic rings.